The molecule has 1 unspecified atom stereocenters. The lowest BCUT2D eigenvalue weighted by Gasteiger charge is -2.15. The molecule has 0 bridgehead atoms. The van der Waals surface area contributed by atoms with Crippen LogP contribution in [0.1, 0.15) is 181 Å². The van der Waals surface area contributed by atoms with Gasteiger partial charge in [-0.15, -0.1) is 0 Å². The van der Waals surface area contributed by atoms with Crippen molar-refractivity contribution in [1.29, 1.82) is 0 Å². The number of hydrogen-bond acceptors (Lipinski definition) is 4. The molecule has 0 amide bonds. The molecule has 0 aromatic carbocycles. The zero-order valence-corrected chi connectivity index (χ0v) is 32.2. The number of hydrogen-bond donors (Lipinski definition) is 1. The minimum absolute atomic E-state index is 0.180. The van der Waals surface area contributed by atoms with E-state index in [0.717, 1.165) is 64.2 Å². The molecule has 4 nitrogen and oxygen atoms in total. The minimum atomic E-state index is -0.542. The number of rotatable bonds is 37. The summed E-state index contributed by atoms with van der Waals surface area (Å²) >= 11 is 0. The average molecular weight is 683 g/mol. The maximum atomic E-state index is 12.1. The van der Waals surface area contributed by atoms with Crippen molar-refractivity contribution >= 4 is 5.97 Å². The van der Waals surface area contributed by atoms with Gasteiger partial charge in [0.1, 0.15) is 6.10 Å². The van der Waals surface area contributed by atoms with Crippen LogP contribution in [-0.2, 0) is 14.3 Å². The monoisotopic (exact) mass is 683 g/mol. The molecule has 4 heteroatoms. The maximum Gasteiger partial charge on any atom is 0.306 e. The standard InChI is InChI=1S/C45H78O4/c1-3-5-7-9-11-13-15-16-17-18-19-20-21-22-23-24-25-26-27-28-29-31-33-35-37-39-41-48-43-44(42-46)49-45(47)40-38-36-34-32-30-14-12-10-8-6-4-2/h5,7,10-13,16-17,19-20,22-23,44,46H,3-4,6,8-9,14-15,18,21,24-43H2,1-2H3/b7-5-,12-10-,13-11-,17-16-,20-19-,23-22-. The average Bonchev–Trinajstić information content (AvgIpc) is 3.11. The molecule has 0 radical (unpaired) electrons. The van der Waals surface area contributed by atoms with Crippen molar-refractivity contribution in [1.82, 2.24) is 0 Å². The second-order valence-electron chi connectivity index (χ2n) is 13.3. The Kier molecular flexibility index (Phi) is 40.1. The highest BCUT2D eigenvalue weighted by Gasteiger charge is 2.13. The summed E-state index contributed by atoms with van der Waals surface area (Å²) in [7, 11) is 0. The Bertz CT molecular complexity index is 850. The molecular formula is C45H78O4. The lowest BCUT2D eigenvalue weighted by atomic mass is 10.1. The highest BCUT2D eigenvalue weighted by Crippen LogP contribution is 2.13. The Morgan fingerprint density at radius 2 is 0.918 bits per heavy atom. The van der Waals surface area contributed by atoms with Crippen LogP contribution >= 0.6 is 0 Å². The van der Waals surface area contributed by atoms with Gasteiger partial charge >= 0.3 is 5.97 Å². The van der Waals surface area contributed by atoms with Gasteiger partial charge < -0.3 is 14.6 Å². The van der Waals surface area contributed by atoms with Crippen molar-refractivity contribution in [2.45, 2.75) is 187 Å². The second kappa shape index (κ2) is 42.0. The van der Waals surface area contributed by atoms with Crippen LogP contribution < -0.4 is 0 Å². The molecule has 0 heterocycles. The van der Waals surface area contributed by atoms with Crippen LogP contribution in [0.5, 0.6) is 0 Å². The van der Waals surface area contributed by atoms with Crippen molar-refractivity contribution in [3.05, 3.63) is 72.9 Å². The summed E-state index contributed by atoms with van der Waals surface area (Å²) in [6.07, 6.45) is 56.7. The summed E-state index contributed by atoms with van der Waals surface area (Å²) in [6.45, 7) is 5.17. The molecule has 0 fully saturated rings. The quantitative estimate of drug-likeness (QED) is 0.0402. The Morgan fingerprint density at radius 1 is 0.510 bits per heavy atom. The van der Waals surface area contributed by atoms with E-state index in [4.69, 9.17) is 9.47 Å². The van der Waals surface area contributed by atoms with Crippen molar-refractivity contribution in [3.8, 4) is 0 Å². The summed E-state index contributed by atoms with van der Waals surface area (Å²) in [6, 6.07) is 0. The molecule has 0 aromatic heterocycles. The van der Waals surface area contributed by atoms with Gasteiger partial charge in [0.25, 0.3) is 0 Å². The number of esters is 1. The largest absolute Gasteiger partial charge is 0.457 e. The van der Waals surface area contributed by atoms with Crippen LogP contribution in [0, 0.1) is 0 Å². The Morgan fingerprint density at radius 3 is 1.41 bits per heavy atom. The van der Waals surface area contributed by atoms with Gasteiger partial charge in [0, 0.05) is 13.0 Å². The summed E-state index contributed by atoms with van der Waals surface area (Å²) < 4.78 is 11.1. The predicted molar refractivity (Wildman–Crippen MR) is 214 cm³/mol. The number of ether oxygens (including phenoxy) is 2. The van der Waals surface area contributed by atoms with Gasteiger partial charge in [-0.1, -0.05) is 170 Å². The fourth-order valence-electron chi connectivity index (χ4n) is 5.45. The number of allylic oxidation sites excluding steroid dienone is 12. The van der Waals surface area contributed by atoms with Crippen LogP contribution in [0.25, 0.3) is 0 Å². The molecule has 0 saturated carbocycles. The highest BCUT2D eigenvalue weighted by atomic mass is 16.6. The number of carbonyl (C=O) groups is 1. The van der Waals surface area contributed by atoms with E-state index in [-0.39, 0.29) is 19.2 Å². The van der Waals surface area contributed by atoms with Crippen LogP contribution in [0.15, 0.2) is 72.9 Å². The summed E-state index contributed by atoms with van der Waals surface area (Å²) in [4.78, 5) is 12.1. The van der Waals surface area contributed by atoms with E-state index in [1.807, 2.05) is 0 Å². The SMILES string of the molecule is CC/C=C\C/C=C\C/C=C\C/C=C\C/C=C\CCCCCCCCCCCCOCC(CO)OC(=O)CCCCCCC/C=C\CCCC. The molecule has 0 aliphatic heterocycles. The van der Waals surface area contributed by atoms with E-state index in [1.54, 1.807) is 0 Å². The molecule has 0 aromatic rings. The van der Waals surface area contributed by atoms with Crippen LogP contribution in [-0.4, -0.2) is 37.0 Å². The van der Waals surface area contributed by atoms with Crippen LogP contribution in [0.2, 0.25) is 0 Å². The van der Waals surface area contributed by atoms with Crippen molar-refractivity contribution in [3.63, 3.8) is 0 Å². The van der Waals surface area contributed by atoms with E-state index in [1.165, 1.54) is 96.3 Å². The predicted octanol–water partition coefficient (Wildman–Crippen LogP) is 13.4. The fourth-order valence-corrected chi connectivity index (χ4v) is 5.45. The van der Waals surface area contributed by atoms with Crippen LogP contribution in [0.4, 0.5) is 0 Å². The molecule has 1 N–H and O–H groups in total. The number of aliphatic hydroxyl groups excluding tert-OH is 1. The summed E-state index contributed by atoms with van der Waals surface area (Å²) in [5, 5.41) is 9.56. The molecule has 0 saturated heterocycles. The van der Waals surface area contributed by atoms with Crippen molar-refractivity contribution in [2.24, 2.45) is 0 Å². The first-order valence-electron chi connectivity index (χ1n) is 20.5. The fraction of sp³-hybridized carbons (Fsp3) is 0.711. The third kappa shape index (κ3) is 40.1. The number of aliphatic hydroxyl groups is 1. The molecule has 0 aliphatic rings. The van der Waals surface area contributed by atoms with E-state index < -0.39 is 6.10 Å². The maximum absolute atomic E-state index is 12.1. The van der Waals surface area contributed by atoms with E-state index in [2.05, 4.69) is 86.8 Å². The summed E-state index contributed by atoms with van der Waals surface area (Å²) in [5.41, 5.74) is 0. The second-order valence-corrected chi connectivity index (χ2v) is 13.3. The van der Waals surface area contributed by atoms with Gasteiger partial charge in [-0.25, -0.2) is 0 Å². The van der Waals surface area contributed by atoms with Gasteiger partial charge in [0.05, 0.1) is 13.2 Å². The zero-order valence-electron chi connectivity index (χ0n) is 32.2. The molecule has 282 valence electrons. The van der Waals surface area contributed by atoms with E-state index in [9.17, 15) is 9.90 Å². The molecule has 1 atom stereocenters. The Hall–Kier alpha value is -2.17. The lowest BCUT2D eigenvalue weighted by Crippen LogP contribution is -2.27. The zero-order chi connectivity index (χ0) is 35.6. The van der Waals surface area contributed by atoms with Gasteiger partial charge in [0.2, 0.25) is 0 Å². The molecule has 0 aliphatic carbocycles. The Labute approximate surface area is 304 Å². The smallest absolute Gasteiger partial charge is 0.306 e. The first-order chi connectivity index (χ1) is 24.2. The normalized spacial score (nSPS) is 13.1. The van der Waals surface area contributed by atoms with Gasteiger partial charge in [0.15, 0.2) is 0 Å². The highest BCUT2D eigenvalue weighted by molar-refractivity contribution is 5.69. The number of unbranched alkanes of at least 4 members (excludes halogenated alkanes) is 17. The molecule has 0 rings (SSSR count). The van der Waals surface area contributed by atoms with E-state index in [0.29, 0.717) is 13.0 Å². The van der Waals surface area contributed by atoms with Crippen LogP contribution in [0.3, 0.4) is 0 Å². The molecule has 49 heavy (non-hydrogen) atoms. The Balaban J connectivity index is 3.46. The third-order valence-corrected chi connectivity index (χ3v) is 8.52. The van der Waals surface area contributed by atoms with Crippen molar-refractivity contribution < 1.29 is 19.4 Å². The minimum Gasteiger partial charge on any atom is -0.457 e. The van der Waals surface area contributed by atoms with Gasteiger partial charge in [-0.3, -0.25) is 4.79 Å². The van der Waals surface area contributed by atoms with Gasteiger partial charge in [-0.2, -0.15) is 0 Å². The first kappa shape index (κ1) is 46.8. The van der Waals surface area contributed by atoms with Crippen molar-refractivity contribution in [2.75, 3.05) is 19.8 Å². The van der Waals surface area contributed by atoms with Gasteiger partial charge in [-0.05, 0) is 77.0 Å². The lowest BCUT2D eigenvalue weighted by molar-refractivity contribution is -0.154. The first-order valence-corrected chi connectivity index (χ1v) is 20.5. The third-order valence-electron chi connectivity index (χ3n) is 8.52. The summed E-state index contributed by atoms with van der Waals surface area (Å²) in [5.74, 6) is -0.216. The number of carbonyl (C=O) groups excluding carboxylic acids is 1. The topological polar surface area (TPSA) is 55.8 Å². The van der Waals surface area contributed by atoms with E-state index >= 15 is 0 Å². The molecular weight excluding hydrogens is 604 g/mol. The molecule has 0 spiro atoms.